The van der Waals surface area contributed by atoms with E-state index in [9.17, 15) is 4.79 Å². The zero-order valence-electron chi connectivity index (χ0n) is 13.1. The Balaban J connectivity index is 0.00000242. The number of hydrogen-bond acceptors (Lipinski definition) is 4. The number of benzene rings is 1. The highest BCUT2D eigenvalue weighted by molar-refractivity contribution is 5.85. The first-order valence-corrected chi connectivity index (χ1v) is 7.48. The fourth-order valence-corrected chi connectivity index (χ4v) is 2.43. The summed E-state index contributed by atoms with van der Waals surface area (Å²) in [6, 6.07) is 7.79. The van der Waals surface area contributed by atoms with Crippen LogP contribution in [0.4, 0.5) is 0 Å². The monoisotopic (exact) mass is 328 g/mol. The van der Waals surface area contributed by atoms with Gasteiger partial charge in [0.25, 0.3) is 0 Å². The van der Waals surface area contributed by atoms with Gasteiger partial charge in [-0.3, -0.25) is 4.79 Å². The van der Waals surface area contributed by atoms with Gasteiger partial charge in [-0.15, -0.1) is 12.4 Å². The maximum absolute atomic E-state index is 11.8. The summed E-state index contributed by atoms with van der Waals surface area (Å²) in [5, 5.41) is 6.24. The highest BCUT2D eigenvalue weighted by Gasteiger charge is 2.17. The number of carbonyl (C=O) groups excluding carboxylic acids is 1. The van der Waals surface area contributed by atoms with Crippen molar-refractivity contribution in [3.05, 3.63) is 24.3 Å². The van der Waals surface area contributed by atoms with Crippen LogP contribution in [0.3, 0.4) is 0 Å². The summed E-state index contributed by atoms with van der Waals surface area (Å²) in [6.45, 7) is 3.46. The molecule has 6 heteroatoms. The lowest BCUT2D eigenvalue weighted by atomic mass is 10.1. The molecule has 124 valence electrons. The Labute approximate surface area is 138 Å². The predicted octanol–water partition coefficient (Wildman–Crippen LogP) is 2.14. The van der Waals surface area contributed by atoms with Crippen molar-refractivity contribution in [3.63, 3.8) is 0 Å². The van der Waals surface area contributed by atoms with Gasteiger partial charge in [0.15, 0.2) is 0 Å². The minimum atomic E-state index is -0.0856. The lowest BCUT2D eigenvalue weighted by molar-refractivity contribution is -0.121. The molecule has 5 nitrogen and oxygen atoms in total. The Bertz CT molecular complexity index is 464. The quantitative estimate of drug-likeness (QED) is 0.805. The van der Waals surface area contributed by atoms with Crippen molar-refractivity contribution in [1.29, 1.82) is 0 Å². The SMILES string of the molecule is COc1cccc(OC(C)CNC(=O)CC2CCCN2)c1.Cl. The van der Waals surface area contributed by atoms with Gasteiger partial charge in [-0.1, -0.05) is 6.07 Å². The molecule has 1 aliphatic heterocycles. The smallest absolute Gasteiger partial charge is 0.221 e. The molecular formula is C16H25ClN2O3. The fourth-order valence-electron chi connectivity index (χ4n) is 2.43. The maximum atomic E-state index is 11.8. The molecule has 0 saturated carbocycles. The van der Waals surface area contributed by atoms with Crippen LogP contribution in [-0.4, -0.2) is 38.3 Å². The third kappa shape index (κ3) is 6.12. The number of halogens is 1. The van der Waals surface area contributed by atoms with Crippen molar-refractivity contribution in [2.75, 3.05) is 20.2 Å². The first-order valence-electron chi connectivity index (χ1n) is 7.48. The van der Waals surface area contributed by atoms with Gasteiger partial charge in [0.2, 0.25) is 5.91 Å². The van der Waals surface area contributed by atoms with E-state index in [-0.39, 0.29) is 24.4 Å². The topological polar surface area (TPSA) is 59.6 Å². The molecule has 1 saturated heterocycles. The molecule has 0 aromatic heterocycles. The molecule has 0 radical (unpaired) electrons. The minimum absolute atomic E-state index is 0. The van der Waals surface area contributed by atoms with Gasteiger partial charge in [-0.2, -0.15) is 0 Å². The Morgan fingerprint density at radius 2 is 2.23 bits per heavy atom. The number of methoxy groups -OCH3 is 1. The molecule has 2 atom stereocenters. The Kier molecular flexibility index (Phi) is 8.06. The van der Waals surface area contributed by atoms with Crippen molar-refractivity contribution in [1.82, 2.24) is 10.6 Å². The van der Waals surface area contributed by atoms with Gasteiger partial charge in [0.05, 0.1) is 13.7 Å². The molecule has 22 heavy (non-hydrogen) atoms. The van der Waals surface area contributed by atoms with Gasteiger partial charge in [-0.05, 0) is 38.4 Å². The van der Waals surface area contributed by atoms with Crippen molar-refractivity contribution in [2.45, 2.75) is 38.3 Å². The molecule has 1 fully saturated rings. The van der Waals surface area contributed by atoms with Crippen molar-refractivity contribution in [2.24, 2.45) is 0 Å². The molecule has 1 heterocycles. The summed E-state index contributed by atoms with van der Waals surface area (Å²) in [7, 11) is 1.62. The number of nitrogens with one attached hydrogen (secondary N) is 2. The van der Waals surface area contributed by atoms with Crippen LogP contribution in [-0.2, 0) is 4.79 Å². The number of rotatable bonds is 7. The third-order valence-electron chi connectivity index (χ3n) is 3.56. The van der Waals surface area contributed by atoms with Crippen molar-refractivity contribution < 1.29 is 14.3 Å². The molecule has 0 bridgehead atoms. The first kappa shape index (κ1) is 18.6. The number of ether oxygens (including phenoxy) is 2. The lowest BCUT2D eigenvalue weighted by Crippen LogP contribution is -2.37. The van der Waals surface area contributed by atoms with Crippen LogP contribution in [0.2, 0.25) is 0 Å². The van der Waals surface area contributed by atoms with E-state index in [0.29, 0.717) is 19.0 Å². The molecular weight excluding hydrogens is 304 g/mol. The zero-order valence-corrected chi connectivity index (χ0v) is 13.9. The first-order chi connectivity index (χ1) is 10.2. The van der Waals surface area contributed by atoms with Gasteiger partial charge in [-0.25, -0.2) is 0 Å². The van der Waals surface area contributed by atoms with Crippen LogP contribution >= 0.6 is 12.4 Å². The fraction of sp³-hybridized carbons (Fsp3) is 0.562. The number of amides is 1. The van der Waals surface area contributed by atoms with Crippen LogP contribution in [0.5, 0.6) is 11.5 Å². The summed E-state index contributed by atoms with van der Waals surface area (Å²) >= 11 is 0. The molecule has 1 aromatic carbocycles. The van der Waals surface area contributed by atoms with Gasteiger partial charge >= 0.3 is 0 Å². The van der Waals surface area contributed by atoms with E-state index in [1.165, 1.54) is 0 Å². The van der Waals surface area contributed by atoms with E-state index < -0.39 is 0 Å². The molecule has 2 N–H and O–H groups in total. The molecule has 0 aliphatic carbocycles. The van der Waals surface area contributed by atoms with Crippen LogP contribution < -0.4 is 20.1 Å². The summed E-state index contributed by atoms with van der Waals surface area (Å²) < 4.78 is 10.9. The van der Waals surface area contributed by atoms with E-state index >= 15 is 0 Å². The van der Waals surface area contributed by atoms with Crippen molar-refractivity contribution >= 4 is 18.3 Å². The second-order valence-electron chi connectivity index (χ2n) is 5.41. The Morgan fingerprint density at radius 1 is 1.45 bits per heavy atom. The maximum Gasteiger partial charge on any atom is 0.221 e. The average Bonchev–Trinajstić information content (AvgIpc) is 2.98. The number of carbonyl (C=O) groups is 1. The Hall–Kier alpha value is -1.46. The van der Waals surface area contributed by atoms with Crippen LogP contribution in [0, 0.1) is 0 Å². The van der Waals surface area contributed by atoms with Gasteiger partial charge in [0, 0.05) is 18.5 Å². The predicted molar refractivity (Wildman–Crippen MR) is 89.0 cm³/mol. The van der Waals surface area contributed by atoms with E-state index in [0.717, 1.165) is 30.9 Å². The third-order valence-corrected chi connectivity index (χ3v) is 3.56. The van der Waals surface area contributed by atoms with E-state index in [2.05, 4.69) is 10.6 Å². The van der Waals surface area contributed by atoms with Crippen molar-refractivity contribution in [3.8, 4) is 11.5 Å². The van der Waals surface area contributed by atoms with E-state index in [4.69, 9.17) is 9.47 Å². The summed E-state index contributed by atoms with van der Waals surface area (Å²) in [6.07, 6.45) is 2.71. The minimum Gasteiger partial charge on any atom is -0.497 e. The van der Waals surface area contributed by atoms with Crippen LogP contribution in [0.1, 0.15) is 26.2 Å². The molecule has 2 unspecified atom stereocenters. The summed E-state index contributed by atoms with van der Waals surface area (Å²) in [5.41, 5.74) is 0. The standard InChI is InChI=1S/C16H24N2O3.ClH/c1-12(21-15-7-3-6-14(10-15)20-2)11-18-16(19)9-13-5-4-8-17-13;/h3,6-7,10,12-13,17H,4-5,8-9,11H2,1-2H3,(H,18,19);1H. The van der Waals surface area contributed by atoms with E-state index in [1.807, 2.05) is 31.2 Å². The molecule has 1 aliphatic rings. The molecule has 0 spiro atoms. The highest BCUT2D eigenvalue weighted by Crippen LogP contribution is 2.19. The normalized spacial score (nSPS) is 18.2. The molecule has 1 amide bonds. The van der Waals surface area contributed by atoms with Gasteiger partial charge in [0.1, 0.15) is 17.6 Å². The largest absolute Gasteiger partial charge is 0.497 e. The zero-order chi connectivity index (χ0) is 15.1. The van der Waals surface area contributed by atoms with Crippen LogP contribution in [0.25, 0.3) is 0 Å². The highest BCUT2D eigenvalue weighted by atomic mass is 35.5. The molecule has 1 aromatic rings. The average molecular weight is 329 g/mol. The number of hydrogen-bond donors (Lipinski definition) is 2. The van der Waals surface area contributed by atoms with Crippen LogP contribution in [0.15, 0.2) is 24.3 Å². The Morgan fingerprint density at radius 3 is 2.91 bits per heavy atom. The summed E-state index contributed by atoms with van der Waals surface area (Å²) in [4.78, 5) is 11.8. The van der Waals surface area contributed by atoms with E-state index in [1.54, 1.807) is 7.11 Å². The second-order valence-corrected chi connectivity index (χ2v) is 5.41. The van der Waals surface area contributed by atoms with Gasteiger partial charge < -0.3 is 20.1 Å². The summed E-state index contributed by atoms with van der Waals surface area (Å²) in [5.74, 6) is 1.58. The lowest BCUT2D eigenvalue weighted by Gasteiger charge is -2.17. The molecule has 2 rings (SSSR count). The second kappa shape index (κ2) is 9.54.